The first kappa shape index (κ1) is 14.7. The maximum Gasteiger partial charge on any atom is 0.0791 e. The Bertz CT molecular complexity index is 510. The van der Waals surface area contributed by atoms with E-state index in [0.29, 0.717) is 19.6 Å². The first-order valence-electron chi connectivity index (χ1n) is 6.78. The van der Waals surface area contributed by atoms with Crippen LogP contribution in [0.25, 0.3) is 5.69 Å². The van der Waals surface area contributed by atoms with Crippen molar-refractivity contribution in [1.29, 1.82) is 0 Å². The Hall–Kier alpha value is -1.69. The SMILES string of the molecule is CN(C)CC(O)CNCc1ccccc1-n1cccn1. The molecule has 0 spiro atoms. The molecule has 1 heterocycles. The summed E-state index contributed by atoms with van der Waals surface area (Å²) in [5.41, 5.74) is 2.22. The molecule has 0 amide bonds. The van der Waals surface area contributed by atoms with Crippen molar-refractivity contribution in [3.63, 3.8) is 0 Å². The third-order valence-corrected chi connectivity index (χ3v) is 3.01. The van der Waals surface area contributed by atoms with Crippen LogP contribution in [0.5, 0.6) is 0 Å². The van der Waals surface area contributed by atoms with Gasteiger partial charge in [-0.25, -0.2) is 4.68 Å². The van der Waals surface area contributed by atoms with Crippen LogP contribution in [0.2, 0.25) is 0 Å². The molecule has 2 N–H and O–H groups in total. The normalized spacial score (nSPS) is 12.8. The Morgan fingerprint density at radius 1 is 1.30 bits per heavy atom. The summed E-state index contributed by atoms with van der Waals surface area (Å²) in [4.78, 5) is 1.98. The smallest absolute Gasteiger partial charge is 0.0791 e. The molecule has 5 heteroatoms. The minimum absolute atomic E-state index is 0.359. The summed E-state index contributed by atoms with van der Waals surface area (Å²) in [5, 5.41) is 17.4. The molecule has 1 aromatic carbocycles. The van der Waals surface area contributed by atoms with Gasteiger partial charge < -0.3 is 15.3 Å². The highest BCUT2D eigenvalue weighted by Gasteiger charge is 2.07. The van der Waals surface area contributed by atoms with E-state index in [1.807, 2.05) is 54.1 Å². The van der Waals surface area contributed by atoms with E-state index < -0.39 is 0 Å². The summed E-state index contributed by atoms with van der Waals surface area (Å²) in [6.07, 6.45) is 3.34. The molecular weight excluding hydrogens is 252 g/mol. The lowest BCUT2D eigenvalue weighted by atomic mass is 10.1. The maximum atomic E-state index is 9.83. The second-order valence-corrected chi connectivity index (χ2v) is 5.13. The van der Waals surface area contributed by atoms with Gasteiger partial charge >= 0.3 is 0 Å². The second kappa shape index (κ2) is 7.19. The Morgan fingerprint density at radius 3 is 2.80 bits per heavy atom. The number of hydrogen-bond acceptors (Lipinski definition) is 4. The van der Waals surface area contributed by atoms with Crippen molar-refractivity contribution in [1.82, 2.24) is 20.0 Å². The van der Waals surface area contributed by atoms with E-state index in [9.17, 15) is 5.11 Å². The fraction of sp³-hybridized carbons (Fsp3) is 0.400. The second-order valence-electron chi connectivity index (χ2n) is 5.13. The van der Waals surface area contributed by atoms with Crippen LogP contribution in [0.3, 0.4) is 0 Å². The van der Waals surface area contributed by atoms with Crippen LogP contribution in [-0.4, -0.2) is 53.1 Å². The third kappa shape index (κ3) is 4.16. The van der Waals surface area contributed by atoms with Gasteiger partial charge in [0.1, 0.15) is 0 Å². The minimum atomic E-state index is -0.359. The van der Waals surface area contributed by atoms with Gasteiger partial charge in [0.25, 0.3) is 0 Å². The summed E-state index contributed by atoms with van der Waals surface area (Å²) in [6, 6.07) is 10.0. The molecule has 0 fully saturated rings. The Kier molecular flexibility index (Phi) is 5.29. The summed E-state index contributed by atoms with van der Waals surface area (Å²) in [7, 11) is 3.91. The summed E-state index contributed by atoms with van der Waals surface area (Å²) in [5.74, 6) is 0. The van der Waals surface area contributed by atoms with E-state index in [2.05, 4.69) is 16.5 Å². The monoisotopic (exact) mass is 274 g/mol. The average molecular weight is 274 g/mol. The number of aliphatic hydroxyl groups is 1. The maximum absolute atomic E-state index is 9.83. The molecular formula is C15H22N4O. The molecule has 20 heavy (non-hydrogen) atoms. The molecule has 0 radical (unpaired) electrons. The molecule has 0 aliphatic rings. The number of rotatable bonds is 7. The van der Waals surface area contributed by atoms with E-state index in [0.717, 1.165) is 11.3 Å². The number of aliphatic hydroxyl groups excluding tert-OH is 1. The molecule has 0 aliphatic heterocycles. The van der Waals surface area contributed by atoms with E-state index in [4.69, 9.17) is 0 Å². The van der Waals surface area contributed by atoms with Crippen LogP contribution < -0.4 is 5.32 Å². The van der Waals surface area contributed by atoms with E-state index in [1.54, 1.807) is 6.20 Å². The van der Waals surface area contributed by atoms with Crippen molar-refractivity contribution < 1.29 is 5.11 Å². The number of aromatic nitrogens is 2. The lowest BCUT2D eigenvalue weighted by Crippen LogP contribution is -2.34. The van der Waals surface area contributed by atoms with Crippen LogP contribution in [0.15, 0.2) is 42.7 Å². The molecule has 1 unspecified atom stereocenters. The van der Waals surface area contributed by atoms with E-state index in [1.165, 1.54) is 0 Å². The largest absolute Gasteiger partial charge is 0.390 e. The first-order valence-corrected chi connectivity index (χ1v) is 6.78. The fourth-order valence-corrected chi connectivity index (χ4v) is 2.15. The zero-order valence-electron chi connectivity index (χ0n) is 12.0. The summed E-state index contributed by atoms with van der Waals surface area (Å²) in [6.45, 7) is 1.94. The van der Waals surface area contributed by atoms with Gasteiger partial charge in [0.05, 0.1) is 11.8 Å². The highest BCUT2D eigenvalue weighted by molar-refractivity contribution is 5.40. The molecule has 1 aromatic heterocycles. The van der Waals surface area contributed by atoms with Gasteiger partial charge in [-0.2, -0.15) is 5.10 Å². The molecule has 0 bridgehead atoms. The first-order chi connectivity index (χ1) is 9.66. The molecule has 0 saturated carbocycles. The molecule has 2 aromatic rings. The van der Waals surface area contributed by atoms with Crippen LogP contribution in [-0.2, 0) is 6.54 Å². The van der Waals surface area contributed by atoms with Gasteiger partial charge in [0.2, 0.25) is 0 Å². The van der Waals surface area contributed by atoms with Gasteiger partial charge in [0, 0.05) is 32.0 Å². The molecule has 108 valence electrons. The Balaban J connectivity index is 1.94. The predicted molar refractivity (Wildman–Crippen MR) is 79.8 cm³/mol. The third-order valence-electron chi connectivity index (χ3n) is 3.01. The summed E-state index contributed by atoms with van der Waals surface area (Å²) < 4.78 is 1.85. The van der Waals surface area contributed by atoms with Crippen LogP contribution in [0.1, 0.15) is 5.56 Å². The zero-order valence-corrected chi connectivity index (χ0v) is 12.0. The lowest BCUT2D eigenvalue weighted by molar-refractivity contribution is 0.134. The lowest BCUT2D eigenvalue weighted by Gasteiger charge is -2.17. The highest BCUT2D eigenvalue weighted by atomic mass is 16.3. The van der Waals surface area contributed by atoms with Gasteiger partial charge in [0.15, 0.2) is 0 Å². The molecule has 1 atom stereocenters. The number of benzene rings is 1. The average Bonchev–Trinajstić information content (AvgIpc) is 2.92. The quantitative estimate of drug-likeness (QED) is 0.787. The van der Waals surface area contributed by atoms with Crippen LogP contribution >= 0.6 is 0 Å². The van der Waals surface area contributed by atoms with Crippen molar-refractivity contribution in [3.8, 4) is 5.69 Å². The topological polar surface area (TPSA) is 53.3 Å². The van der Waals surface area contributed by atoms with Crippen molar-refractivity contribution in [2.24, 2.45) is 0 Å². The Labute approximate surface area is 119 Å². The van der Waals surface area contributed by atoms with Gasteiger partial charge in [-0.1, -0.05) is 18.2 Å². The van der Waals surface area contributed by atoms with Crippen LogP contribution in [0.4, 0.5) is 0 Å². The van der Waals surface area contributed by atoms with Gasteiger partial charge in [-0.3, -0.25) is 0 Å². The molecule has 0 saturated heterocycles. The summed E-state index contributed by atoms with van der Waals surface area (Å²) >= 11 is 0. The number of nitrogens with one attached hydrogen (secondary N) is 1. The van der Waals surface area contributed by atoms with Crippen molar-refractivity contribution >= 4 is 0 Å². The minimum Gasteiger partial charge on any atom is -0.390 e. The Morgan fingerprint density at radius 2 is 2.10 bits per heavy atom. The fourth-order valence-electron chi connectivity index (χ4n) is 2.15. The van der Waals surface area contributed by atoms with Crippen molar-refractivity contribution in [2.45, 2.75) is 12.6 Å². The number of hydrogen-bond donors (Lipinski definition) is 2. The number of para-hydroxylation sites is 1. The van der Waals surface area contributed by atoms with Crippen molar-refractivity contribution in [3.05, 3.63) is 48.3 Å². The number of nitrogens with zero attached hydrogens (tertiary/aromatic N) is 3. The molecule has 5 nitrogen and oxygen atoms in total. The zero-order chi connectivity index (χ0) is 14.4. The van der Waals surface area contributed by atoms with E-state index >= 15 is 0 Å². The predicted octanol–water partition coefficient (Wildman–Crippen LogP) is 0.884. The molecule has 2 rings (SSSR count). The highest BCUT2D eigenvalue weighted by Crippen LogP contribution is 2.12. The van der Waals surface area contributed by atoms with E-state index in [-0.39, 0.29) is 6.10 Å². The molecule has 0 aliphatic carbocycles. The van der Waals surface area contributed by atoms with Crippen molar-refractivity contribution in [2.75, 3.05) is 27.2 Å². The number of likely N-dealkylation sites (N-methyl/N-ethyl adjacent to an activating group) is 1. The van der Waals surface area contributed by atoms with Crippen LogP contribution in [0, 0.1) is 0 Å². The van der Waals surface area contributed by atoms with Gasteiger partial charge in [-0.05, 0) is 31.8 Å². The standard InChI is InChI=1S/C15H22N4O/c1-18(2)12-14(20)11-16-10-13-6-3-4-7-15(13)19-9-5-8-17-19/h3-9,14,16,20H,10-12H2,1-2H3. The van der Waals surface area contributed by atoms with Gasteiger partial charge in [-0.15, -0.1) is 0 Å².